The van der Waals surface area contributed by atoms with Crippen molar-refractivity contribution >= 4 is 5.91 Å². The van der Waals surface area contributed by atoms with Gasteiger partial charge in [-0.1, -0.05) is 30.3 Å². The minimum Gasteiger partial charge on any atom is -0.388 e. The number of carbonyl (C=O) groups is 1. The van der Waals surface area contributed by atoms with Gasteiger partial charge in [0.1, 0.15) is 24.4 Å². The number of hydrogen-bond donors (Lipinski definition) is 3. The molecule has 0 spiro atoms. The molecule has 3 N–H and O–H groups in total. The fourth-order valence-electron chi connectivity index (χ4n) is 2.78. The minimum absolute atomic E-state index is 0.186. The Hall–Kier alpha value is -1.51. The lowest BCUT2D eigenvalue weighted by Crippen LogP contribution is -2.66. The molecule has 7 heteroatoms. The van der Waals surface area contributed by atoms with Gasteiger partial charge in [-0.2, -0.15) is 0 Å². The second-order valence-electron chi connectivity index (χ2n) is 5.46. The van der Waals surface area contributed by atoms with Crippen LogP contribution in [-0.4, -0.2) is 53.4 Å². The molecule has 2 aliphatic rings. The zero-order valence-corrected chi connectivity index (χ0v) is 12.1. The van der Waals surface area contributed by atoms with Crippen LogP contribution in [0.2, 0.25) is 0 Å². The van der Waals surface area contributed by atoms with Gasteiger partial charge in [-0.25, -0.2) is 0 Å². The van der Waals surface area contributed by atoms with E-state index in [4.69, 9.17) is 14.2 Å². The standard InChI is InChI=1S/C15H19NO6/c1-8(17)16-11-12(18)13-10(21-14(11)19)7-20-15(22-13)9-5-3-2-4-6-9/h2-6,10-15,18-19H,7H2,1H3,(H,16,17)/t10-,11-,12-,13-,14+,15-/m1/s1. The maximum atomic E-state index is 11.2. The summed E-state index contributed by atoms with van der Waals surface area (Å²) in [6, 6.07) is 8.41. The smallest absolute Gasteiger partial charge is 0.217 e. The van der Waals surface area contributed by atoms with Crippen molar-refractivity contribution in [3.05, 3.63) is 35.9 Å². The van der Waals surface area contributed by atoms with Gasteiger partial charge in [0.25, 0.3) is 0 Å². The van der Waals surface area contributed by atoms with Crippen molar-refractivity contribution in [2.24, 2.45) is 0 Å². The Labute approximate surface area is 127 Å². The van der Waals surface area contributed by atoms with E-state index in [2.05, 4.69) is 5.32 Å². The molecule has 0 radical (unpaired) electrons. The molecule has 0 unspecified atom stereocenters. The van der Waals surface area contributed by atoms with E-state index in [0.717, 1.165) is 5.56 Å². The van der Waals surface area contributed by atoms with Crippen LogP contribution < -0.4 is 5.32 Å². The predicted octanol–water partition coefficient (Wildman–Crippen LogP) is -0.317. The van der Waals surface area contributed by atoms with Crippen molar-refractivity contribution in [3.63, 3.8) is 0 Å². The van der Waals surface area contributed by atoms with Gasteiger partial charge < -0.3 is 29.7 Å². The number of carbonyl (C=O) groups excluding carboxylic acids is 1. The van der Waals surface area contributed by atoms with Crippen molar-refractivity contribution in [3.8, 4) is 0 Å². The maximum absolute atomic E-state index is 11.2. The van der Waals surface area contributed by atoms with Crippen LogP contribution >= 0.6 is 0 Å². The van der Waals surface area contributed by atoms with Crippen molar-refractivity contribution in [1.82, 2.24) is 5.32 Å². The lowest BCUT2D eigenvalue weighted by atomic mass is 9.96. The average molecular weight is 309 g/mol. The van der Waals surface area contributed by atoms with E-state index < -0.39 is 36.9 Å². The number of benzene rings is 1. The molecule has 0 saturated carbocycles. The number of nitrogens with one attached hydrogen (secondary N) is 1. The van der Waals surface area contributed by atoms with Crippen LogP contribution in [0.4, 0.5) is 0 Å². The topological polar surface area (TPSA) is 97.3 Å². The maximum Gasteiger partial charge on any atom is 0.217 e. The fraction of sp³-hybridized carbons (Fsp3) is 0.533. The van der Waals surface area contributed by atoms with E-state index in [1.807, 2.05) is 30.3 Å². The van der Waals surface area contributed by atoms with E-state index in [9.17, 15) is 15.0 Å². The number of amides is 1. The van der Waals surface area contributed by atoms with Crippen LogP contribution in [0, 0.1) is 0 Å². The molecule has 7 nitrogen and oxygen atoms in total. The van der Waals surface area contributed by atoms with Crippen LogP contribution in [0.5, 0.6) is 0 Å². The van der Waals surface area contributed by atoms with E-state index >= 15 is 0 Å². The van der Waals surface area contributed by atoms with Crippen LogP contribution in [-0.2, 0) is 19.0 Å². The number of rotatable bonds is 2. The van der Waals surface area contributed by atoms with Gasteiger partial charge >= 0.3 is 0 Å². The van der Waals surface area contributed by atoms with Crippen LogP contribution in [0.1, 0.15) is 18.8 Å². The lowest BCUT2D eigenvalue weighted by Gasteiger charge is -2.46. The number of ether oxygens (including phenoxy) is 3. The first kappa shape index (κ1) is 15.4. The second kappa shape index (κ2) is 6.31. The first-order valence-corrected chi connectivity index (χ1v) is 7.17. The van der Waals surface area contributed by atoms with Gasteiger partial charge in [-0.15, -0.1) is 0 Å². The average Bonchev–Trinajstić information content (AvgIpc) is 2.52. The van der Waals surface area contributed by atoms with Crippen molar-refractivity contribution in [2.75, 3.05) is 6.61 Å². The molecule has 1 amide bonds. The summed E-state index contributed by atoms with van der Waals surface area (Å²) < 4.78 is 16.8. The van der Waals surface area contributed by atoms with Crippen LogP contribution in [0.3, 0.4) is 0 Å². The summed E-state index contributed by atoms with van der Waals surface area (Å²) in [6.45, 7) is 1.49. The molecule has 2 heterocycles. The van der Waals surface area contributed by atoms with Gasteiger partial charge in [0.2, 0.25) is 5.91 Å². The summed E-state index contributed by atoms with van der Waals surface area (Å²) in [5, 5.41) is 22.8. The number of aliphatic hydroxyl groups is 2. The summed E-state index contributed by atoms with van der Waals surface area (Å²) in [6.07, 6.45) is -4.29. The zero-order chi connectivity index (χ0) is 15.7. The monoisotopic (exact) mass is 309 g/mol. The summed E-state index contributed by atoms with van der Waals surface area (Å²) in [4.78, 5) is 11.2. The predicted molar refractivity (Wildman–Crippen MR) is 74.5 cm³/mol. The third-order valence-electron chi connectivity index (χ3n) is 3.83. The molecule has 1 aromatic rings. The minimum atomic E-state index is -1.30. The highest BCUT2D eigenvalue weighted by Gasteiger charge is 2.49. The van der Waals surface area contributed by atoms with Gasteiger partial charge in [-0.05, 0) is 0 Å². The van der Waals surface area contributed by atoms with Gasteiger partial charge in [0, 0.05) is 12.5 Å². The van der Waals surface area contributed by atoms with E-state index in [-0.39, 0.29) is 12.5 Å². The third-order valence-corrected chi connectivity index (χ3v) is 3.83. The molecular weight excluding hydrogens is 290 g/mol. The third kappa shape index (κ3) is 2.99. The Morgan fingerprint density at radius 3 is 2.64 bits per heavy atom. The summed E-state index contributed by atoms with van der Waals surface area (Å²) >= 11 is 0. The lowest BCUT2D eigenvalue weighted by molar-refractivity contribution is -0.337. The molecule has 2 fully saturated rings. The molecular formula is C15H19NO6. The Kier molecular flexibility index (Phi) is 4.42. The number of aliphatic hydroxyl groups excluding tert-OH is 2. The molecule has 6 atom stereocenters. The molecule has 3 rings (SSSR count). The number of hydrogen-bond acceptors (Lipinski definition) is 6. The van der Waals surface area contributed by atoms with Crippen LogP contribution in [0.25, 0.3) is 0 Å². The molecule has 0 bridgehead atoms. The summed E-state index contributed by atoms with van der Waals surface area (Å²) in [7, 11) is 0. The highest BCUT2D eigenvalue weighted by atomic mass is 16.7. The fourth-order valence-corrected chi connectivity index (χ4v) is 2.78. The Bertz CT molecular complexity index is 524. The highest BCUT2D eigenvalue weighted by molar-refractivity contribution is 5.73. The normalized spacial score (nSPS) is 38.1. The van der Waals surface area contributed by atoms with Crippen molar-refractivity contribution in [2.45, 2.75) is 43.9 Å². The molecule has 1 aromatic carbocycles. The highest BCUT2D eigenvalue weighted by Crippen LogP contribution is 2.33. The van der Waals surface area contributed by atoms with Crippen LogP contribution in [0.15, 0.2) is 30.3 Å². The van der Waals surface area contributed by atoms with Gasteiger partial charge in [0.15, 0.2) is 12.6 Å². The summed E-state index contributed by atoms with van der Waals surface area (Å²) in [5.74, 6) is -0.364. The van der Waals surface area contributed by atoms with Gasteiger partial charge in [0.05, 0.1) is 6.61 Å². The largest absolute Gasteiger partial charge is 0.388 e. The molecule has 22 heavy (non-hydrogen) atoms. The second-order valence-corrected chi connectivity index (χ2v) is 5.46. The Morgan fingerprint density at radius 2 is 1.95 bits per heavy atom. The molecule has 120 valence electrons. The Morgan fingerprint density at radius 1 is 1.23 bits per heavy atom. The van der Waals surface area contributed by atoms with Crippen molar-refractivity contribution in [1.29, 1.82) is 0 Å². The molecule has 2 saturated heterocycles. The molecule has 0 aliphatic carbocycles. The first-order chi connectivity index (χ1) is 10.6. The zero-order valence-electron chi connectivity index (χ0n) is 12.1. The van der Waals surface area contributed by atoms with E-state index in [0.29, 0.717) is 0 Å². The van der Waals surface area contributed by atoms with E-state index in [1.54, 1.807) is 0 Å². The quantitative estimate of drug-likeness (QED) is 0.693. The molecule has 0 aromatic heterocycles. The van der Waals surface area contributed by atoms with Crippen molar-refractivity contribution < 1.29 is 29.2 Å². The Balaban J connectivity index is 1.75. The number of fused-ring (bicyclic) bond motifs is 1. The molecule has 2 aliphatic heterocycles. The van der Waals surface area contributed by atoms with Gasteiger partial charge in [-0.3, -0.25) is 4.79 Å². The summed E-state index contributed by atoms with van der Waals surface area (Å²) in [5.41, 5.74) is 0.829. The first-order valence-electron chi connectivity index (χ1n) is 7.17. The van der Waals surface area contributed by atoms with E-state index in [1.165, 1.54) is 6.92 Å². The SMILES string of the molecule is CC(=O)N[C@@H]1[C@@H](O)[C@@H]2O[C@H](c3ccccc3)OC[C@H]2O[C@@H]1O.